The summed E-state index contributed by atoms with van der Waals surface area (Å²) in [7, 11) is 0. The largest absolute Gasteiger partial charge is 0.411 e. The summed E-state index contributed by atoms with van der Waals surface area (Å²) >= 11 is 0. The summed E-state index contributed by atoms with van der Waals surface area (Å²) < 4.78 is 0. The first kappa shape index (κ1) is 12.2. The lowest BCUT2D eigenvalue weighted by atomic mass is 9.99. The molecule has 2 saturated carbocycles. The van der Waals surface area contributed by atoms with Crippen LogP contribution in [0.5, 0.6) is 0 Å². The zero-order chi connectivity index (χ0) is 10.9. The topological polar surface area (TPSA) is 49.7 Å². The van der Waals surface area contributed by atoms with Crippen LogP contribution in [0.3, 0.4) is 0 Å². The van der Waals surface area contributed by atoms with Gasteiger partial charge in [0.25, 0.3) is 0 Å². The molecule has 3 nitrogen and oxygen atoms in total. The lowest BCUT2D eigenvalue weighted by Gasteiger charge is -2.08. The predicted octanol–water partition coefficient (Wildman–Crippen LogP) is 3.30. The Bertz CT molecular complexity index is 208. The van der Waals surface area contributed by atoms with Gasteiger partial charge in [0, 0.05) is 12.8 Å². The van der Waals surface area contributed by atoms with Gasteiger partial charge in [0.05, 0.1) is 5.71 Å². The van der Waals surface area contributed by atoms with Crippen molar-refractivity contribution >= 4 is 11.5 Å². The van der Waals surface area contributed by atoms with Crippen LogP contribution in [0.2, 0.25) is 0 Å². The second-order valence-corrected chi connectivity index (χ2v) is 4.33. The first-order chi connectivity index (χ1) is 7.33. The highest BCUT2D eigenvalue weighted by Crippen LogP contribution is 2.14. The van der Waals surface area contributed by atoms with Crippen LogP contribution in [0.4, 0.5) is 0 Å². The van der Waals surface area contributed by atoms with Crippen molar-refractivity contribution in [2.45, 2.75) is 64.2 Å². The normalized spacial score (nSPS) is 21.6. The number of hydrogen-bond acceptors (Lipinski definition) is 3. The van der Waals surface area contributed by atoms with E-state index in [9.17, 15) is 4.79 Å². The van der Waals surface area contributed by atoms with Crippen LogP contribution in [0.15, 0.2) is 5.16 Å². The molecule has 2 aliphatic carbocycles. The fourth-order valence-corrected chi connectivity index (χ4v) is 2.01. The molecule has 2 rings (SSSR count). The predicted molar refractivity (Wildman–Crippen MR) is 60.4 cm³/mol. The molecule has 0 spiro atoms. The summed E-state index contributed by atoms with van der Waals surface area (Å²) in [6.45, 7) is 0. The molecule has 0 aromatic heterocycles. The second-order valence-electron chi connectivity index (χ2n) is 4.33. The van der Waals surface area contributed by atoms with Gasteiger partial charge >= 0.3 is 0 Å². The summed E-state index contributed by atoms with van der Waals surface area (Å²) in [5.41, 5.74) is 0.983. The van der Waals surface area contributed by atoms with Crippen LogP contribution >= 0.6 is 0 Å². The number of nitrogens with zero attached hydrogens (tertiary/aromatic N) is 1. The highest BCUT2D eigenvalue weighted by molar-refractivity contribution is 5.84. The maximum Gasteiger partial charge on any atom is 0.132 e. The Morgan fingerprint density at radius 1 is 0.800 bits per heavy atom. The van der Waals surface area contributed by atoms with Gasteiger partial charge in [-0.05, 0) is 38.5 Å². The van der Waals surface area contributed by atoms with E-state index in [4.69, 9.17) is 5.21 Å². The van der Waals surface area contributed by atoms with Gasteiger partial charge in [0.15, 0.2) is 0 Å². The highest BCUT2D eigenvalue weighted by atomic mass is 16.4. The number of Topliss-reactive ketones (excluding diaryl/α,β-unsaturated/α-hetero) is 1. The maximum absolute atomic E-state index is 10.5. The Morgan fingerprint density at radius 2 is 1.27 bits per heavy atom. The summed E-state index contributed by atoms with van der Waals surface area (Å²) in [6, 6.07) is 0. The molecule has 0 saturated heterocycles. The van der Waals surface area contributed by atoms with E-state index in [1.54, 1.807) is 0 Å². The van der Waals surface area contributed by atoms with Crippen LogP contribution in [-0.4, -0.2) is 16.7 Å². The molecular weight excluding hydrogens is 190 g/mol. The minimum Gasteiger partial charge on any atom is -0.411 e. The van der Waals surface area contributed by atoms with Gasteiger partial charge in [-0.15, -0.1) is 0 Å². The average molecular weight is 211 g/mol. The van der Waals surface area contributed by atoms with E-state index in [0.717, 1.165) is 44.2 Å². The molecule has 15 heavy (non-hydrogen) atoms. The third kappa shape index (κ3) is 5.55. The monoisotopic (exact) mass is 211 g/mol. The fraction of sp³-hybridized carbons (Fsp3) is 0.833. The van der Waals surface area contributed by atoms with E-state index in [2.05, 4.69) is 5.16 Å². The van der Waals surface area contributed by atoms with Gasteiger partial charge in [0.2, 0.25) is 0 Å². The zero-order valence-corrected chi connectivity index (χ0v) is 9.37. The molecule has 0 atom stereocenters. The van der Waals surface area contributed by atoms with E-state index in [0.29, 0.717) is 5.78 Å². The molecule has 0 heterocycles. The Labute approximate surface area is 91.6 Å². The molecule has 86 valence electrons. The van der Waals surface area contributed by atoms with Crippen molar-refractivity contribution in [1.82, 2.24) is 0 Å². The second kappa shape index (κ2) is 7.43. The van der Waals surface area contributed by atoms with Gasteiger partial charge in [0.1, 0.15) is 5.78 Å². The molecular formula is C12H21NO2. The molecule has 0 aromatic carbocycles. The van der Waals surface area contributed by atoms with Gasteiger partial charge < -0.3 is 5.21 Å². The molecule has 1 N–H and O–H groups in total. The zero-order valence-electron chi connectivity index (χ0n) is 9.37. The van der Waals surface area contributed by atoms with E-state index >= 15 is 0 Å². The molecule has 3 heteroatoms. The van der Waals surface area contributed by atoms with E-state index in [1.807, 2.05) is 0 Å². The standard InChI is InChI=1S/C6H11NO.C6H10O/c8-7-6-4-2-1-3-5-6;7-6-4-2-1-3-5-6/h8H,1-5H2;1-5H2. The molecule has 0 amide bonds. The third-order valence-electron chi connectivity index (χ3n) is 2.98. The summed E-state index contributed by atoms with van der Waals surface area (Å²) in [6.07, 6.45) is 11.0. The number of carbonyl (C=O) groups is 1. The first-order valence-corrected chi connectivity index (χ1v) is 6.04. The molecule has 2 fully saturated rings. The Kier molecular flexibility index (Phi) is 6.05. The number of rotatable bonds is 0. The number of ketones is 1. The Morgan fingerprint density at radius 3 is 1.53 bits per heavy atom. The Hall–Kier alpha value is -0.860. The molecule has 0 aromatic rings. The minimum absolute atomic E-state index is 0.464. The fourth-order valence-electron chi connectivity index (χ4n) is 2.01. The van der Waals surface area contributed by atoms with E-state index < -0.39 is 0 Å². The van der Waals surface area contributed by atoms with Crippen molar-refractivity contribution in [2.75, 3.05) is 0 Å². The number of hydrogen-bond donors (Lipinski definition) is 1. The van der Waals surface area contributed by atoms with Crippen molar-refractivity contribution < 1.29 is 10.0 Å². The van der Waals surface area contributed by atoms with Crippen LogP contribution in [0, 0.1) is 0 Å². The molecule has 2 aliphatic rings. The molecule has 0 radical (unpaired) electrons. The summed E-state index contributed by atoms with van der Waals surface area (Å²) in [5.74, 6) is 0.464. The molecule has 0 unspecified atom stereocenters. The van der Waals surface area contributed by atoms with Crippen LogP contribution in [-0.2, 0) is 4.79 Å². The van der Waals surface area contributed by atoms with Crippen molar-refractivity contribution in [1.29, 1.82) is 0 Å². The lowest BCUT2D eigenvalue weighted by molar-refractivity contribution is -0.120. The van der Waals surface area contributed by atoms with Crippen LogP contribution in [0.1, 0.15) is 64.2 Å². The summed E-state index contributed by atoms with van der Waals surface area (Å²) in [5, 5.41) is 11.4. The van der Waals surface area contributed by atoms with Crippen molar-refractivity contribution in [3.05, 3.63) is 0 Å². The van der Waals surface area contributed by atoms with Crippen molar-refractivity contribution in [2.24, 2.45) is 5.16 Å². The van der Waals surface area contributed by atoms with Gasteiger partial charge in [-0.25, -0.2) is 0 Å². The van der Waals surface area contributed by atoms with E-state index in [1.165, 1.54) is 25.7 Å². The number of carbonyl (C=O) groups excluding carboxylic acids is 1. The number of oxime groups is 1. The van der Waals surface area contributed by atoms with Crippen molar-refractivity contribution in [3.63, 3.8) is 0 Å². The summed E-state index contributed by atoms with van der Waals surface area (Å²) in [4.78, 5) is 10.5. The first-order valence-electron chi connectivity index (χ1n) is 6.04. The smallest absolute Gasteiger partial charge is 0.132 e. The minimum atomic E-state index is 0.464. The SMILES string of the molecule is O=C1CCCCC1.ON=C1CCCCC1. The quantitative estimate of drug-likeness (QED) is 0.493. The van der Waals surface area contributed by atoms with Crippen LogP contribution in [0.25, 0.3) is 0 Å². The Balaban J connectivity index is 0.000000151. The maximum atomic E-state index is 10.5. The van der Waals surface area contributed by atoms with Crippen LogP contribution < -0.4 is 0 Å². The average Bonchev–Trinajstić information content (AvgIpc) is 2.32. The molecule has 0 bridgehead atoms. The highest BCUT2D eigenvalue weighted by Gasteiger charge is 2.06. The van der Waals surface area contributed by atoms with Crippen molar-refractivity contribution in [3.8, 4) is 0 Å². The lowest BCUT2D eigenvalue weighted by Crippen LogP contribution is -2.03. The van der Waals surface area contributed by atoms with Gasteiger partial charge in [-0.2, -0.15) is 0 Å². The third-order valence-corrected chi connectivity index (χ3v) is 2.98. The van der Waals surface area contributed by atoms with E-state index in [-0.39, 0.29) is 0 Å². The van der Waals surface area contributed by atoms with Gasteiger partial charge in [-0.1, -0.05) is 18.0 Å². The van der Waals surface area contributed by atoms with Gasteiger partial charge in [-0.3, -0.25) is 4.79 Å². The molecule has 0 aliphatic heterocycles.